The standard InChI is InChI=1S/C14H24N4OS/c1-10(2)9-13-17-18-14(20-13)16-12(19)4-3-11-5-7-15-8-6-11/h10-11,15H,3-9H2,1-2H3,(H,16,18,19). The maximum atomic E-state index is 11.9. The van der Waals surface area contributed by atoms with E-state index in [1.807, 2.05) is 0 Å². The molecular formula is C14H24N4OS. The molecule has 1 fully saturated rings. The topological polar surface area (TPSA) is 66.9 Å². The zero-order valence-corrected chi connectivity index (χ0v) is 13.1. The van der Waals surface area contributed by atoms with Gasteiger partial charge in [-0.15, -0.1) is 10.2 Å². The molecule has 20 heavy (non-hydrogen) atoms. The molecule has 2 rings (SSSR count). The number of carbonyl (C=O) groups excluding carboxylic acids is 1. The molecule has 0 aliphatic carbocycles. The first-order chi connectivity index (χ1) is 9.63. The van der Waals surface area contributed by atoms with Crippen LogP contribution < -0.4 is 10.6 Å². The van der Waals surface area contributed by atoms with Gasteiger partial charge in [-0.25, -0.2) is 0 Å². The highest BCUT2D eigenvalue weighted by Gasteiger charge is 2.15. The van der Waals surface area contributed by atoms with Crippen LogP contribution in [0.2, 0.25) is 0 Å². The van der Waals surface area contributed by atoms with Gasteiger partial charge in [0.15, 0.2) is 0 Å². The second kappa shape index (κ2) is 7.69. The smallest absolute Gasteiger partial charge is 0.226 e. The van der Waals surface area contributed by atoms with Crippen LogP contribution in [0.3, 0.4) is 0 Å². The number of anilines is 1. The van der Waals surface area contributed by atoms with E-state index in [-0.39, 0.29) is 5.91 Å². The minimum atomic E-state index is 0.0655. The highest BCUT2D eigenvalue weighted by atomic mass is 32.1. The van der Waals surface area contributed by atoms with Crippen LogP contribution in [-0.2, 0) is 11.2 Å². The molecule has 0 aromatic carbocycles. The van der Waals surface area contributed by atoms with E-state index in [0.29, 0.717) is 23.4 Å². The number of nitrogens with zero attached hydrogens (tertiary/aromatic N) is 2. The van der Waals surface area contributed by atoms with Gasteiger partial charge >= 0.3 is 0 Å². The summed E-state index contributed by atoms with van der Waals surface area (Å²) in [5.41, 5.74) is 0. The van der Waals surface area contributed by atoms with E-state index in [2.05, 4.69) is 34.7 Å². The van der Waals surface area contributed by atoms with Crippen LogP contribution in [0, 0.1) is 11.8 Å². The van der Waals surface area contributed by atoms with Gasteiger partial charge in [-0.05, 0) is 44.2 Å². The highest BCUT2D eigenvalue weighted by Crippen LogP contribution is 2.20. The fourth-order valence-electron chi connectivity index (χ4n) is 2.42. The molecule has 0 atom stereocenters. The Morgan fingerprint density at radius 1 is 1.40 bits per heavy atom. The number of nitrogens with one attached hydrogen (secondary N) is 2. The Bertz CT molecular complexity index is 427. The number of hydrogen-bond acceptors (Lipinski definition) is 5. The molecule has 1 amide bonds. The van der Waals surface area contributed by atoms with Crippen LogP contribution in [0.25, 0.3) is 0 Å². The minimum Gasteiger partial charge on any atom is -0.317 e. The first-order valence-corrected chi connectivity index (χ1v) is 8.28. The van der Waals surface area contributed by atoms with Crippen molar-refractivity contribution in [3.05, 3.63) is 5.01 Å². The van der Waals surface area contributed by atoms with Crippen molar-refractivity contribution < 1.29 is 4.79 Å². The van der Waals surface area contributed by atoms with Gasteiger partial charge < -0.3 is 10.6 Å². The maximum absolute atomic E-state index is 11.9. The molecule has 5 nitrogen and oxygen atoms in total. The van der Waals surface area contributed by atoms with Gasteiger partial charge in [0, 0.05) is 12.8 Å². The summed E-state index contributed by atoms with van der Waals surface area (Å²) < 4.78 is 0. The van der Waals surface area contributed by atoms with Gasteiger partial charge in [0.1, 0.15) is 5.01 Å². The molecule has 0 unspecified atom stereocenters. The van der Waals surface area contributed by atoms with E-state index in [9.17, 15) is 4.79 Å². The van der Waals surface area contributed by atoms with Crippen molar-refractivity contribution in [2.45, 2.75) is 46.0 Å². The van der Waals surface area contributed by atoms with Crippen LogP contribution in [-0.4, -0.2) is 29.2 Å². The highest BCUT2D eigenvalue weighted by molar-refractivity contribution is 7.15. The zero-order valence-electron chi connectivity index (χ0n) is 12.3. The molecule has 6 heteroatoms. The lowest BCUT2D eigenvalue weighted by molar-refractivity contribution is -0.116. The van der Waals surface area contributed by atoms with Crippen molar-refractivity contribution >= 4 is 22.4 Å². The molecule has 1 aromatic rings. The molecule has 1 aliphatic heterocycles. The van der Waals surface area contributed by atoms with E-state index in [0.717, 1.165) is 30.9 Å². The van der Waals surface area contributed by atoms with Crippen molar-refractivity contribution in [3.8, 4) is 0 Å². The summed E-state index contributed by atoms with van der Waals surface area (Å²) >= 11 is 1.49. The van der Waals surface area contributed by atoms with E-state index in [1.165, 1.54) is 24.2 Å². The summed E-state index contributed by atoms with van der Waals surface area (Å²) in [5.74, 6) is 1.31. The lowest BCUT2D eigenvalue weighted by atomic mass is 9.93. The molecule has 112 valence electrons. The van der Waals surface area contributed by atoms with E-state index in [1.54, 1.807) is 0 Å². The summed E-state index contributed by atoms with van der Waals surface area (Å²) in [6.45, 7) is 6.47. The average Bonchev–Trinajstić information content (AvgIpc) is 2.84. The summed E-state index contributed by atoms with van der Waals surface area (Å²) in [6, 6.07) is 0. The number of rotatable bonds is 6. The van der Waals surface area contributed by atoms with Crippen LogP contribution in [0.1, 0.15) is 44.5 Å². The number of piperidine rings is 1. The third-order valence-corrected chi connectivity index (χ3v) is 4.40. The molecule has 1 aliphatic rings. The Morgan fingerprint density at radius 2 is 2.15 bits per heavy atom. The van der Waals surface area contributed by atoms with Crippen molar-refractivity contribution in [2.75, 3.05) is 18.4 Å². The van der Waals surface area contributed by atoms with Crippen molar-refractivity contribution in [1.82, 2.24) is 15.5 Å². The van der Waals surface area contributed by atoms with Gasteiger partial charge in [-0.2, -0.15) is 0 Å². The first-order valence-electron chi connectivity index (χ1n) is 7.46. The first kappa shape index (κ1) is 15.4. The number of amides is 1. The quantitative estimate of drug-likeness (QED) is 0.846. The number of aromatic nitrogens is 2. The predicted molar refractivity (Wildman–Crippen MR) is 81.9 cm³/mol. The van der Waals surface area contributed by atoms with E-state index >= 15 is 0 Å². The Hall–Kier alpha value is -1.01. The molecule has 2 N–H and O–H groups in total. The van der Waals surface area contributed by atoms with Gasteiger partial charge in [0.05, 0.1) is 0 Å². The third-order valence-electron chi connectivity index (χ3n) is 3.53. The SMILES string of the molecule is CC(C)Cc1nnc(NC(=O)CCC2CCNCC2)s1. The predicted octanol–water partition coefficient (Wildman–Crippen LogP) is 2.45. The molecule has 2 heterocycles. The Morgan fingerprint density at radius 3 is 2.85 bits per heavy atom. The summed E-state index contributed by atoms with van der Waals surface area (Å²) in [6.07, 6.45) is 4.85. The fourth-order valence-corrected chi connectivity index (χ4v) is 3.39. The number of carbonyl (C=O) groups is 1. The molecular weight excluding hydrogens is 272 g/mol. The van der Waals surface area contributed by atoms with Crippen LogP contribution in [0.5, 0.6) is 0 Å². The zero-order chi connectivity index (χ0) is 14.4. The normalized spacial score (nSPS) is 16.6. The van der Waals surface area contributed by atoms with Crippen LogP contribution in [0.15, 0.2) is 0 Å². The number of hydrogen-bond donors (Lipinski definition) is 2. The van der Waals surface area contributed by atoms with E-state index in [4.69, 9.17) is 0 Å². The minimum absolute atomic E-state index is 0.0655. The molecule has 0 saturated carbocycles. The second-order valence-corrected chi connectivity index (χ2v) is 6.94. The van der Waals surface area contributed by atoms with E-state index < -0.39 is 0 Å². The Balaban J connectivity index is 1.72. The molecule has 0 radical (unpaired) electrons. The Kier molecular flexibility index (Phi) is 5.91. The lowest BCUT2D eigenvalue weighted by Crippen LogP contribution is -2.28. The van der Waals surface area contributed by atoms with Crippen LogP contribution >= 0.6 is 11.3 Å². The molecule has 0 bridgehead atoms. The van der Waals surface area contributed by atoms with Gasteiger partial charge in [-0.3, -0.25) is 4.79 Å². The van der Waals surface area contributed by atoms with Crippen molar-refractivity contribution in [1.29, 1.82) is 0 Å². The molecule has 1 aromatic heterocycles. The van der Waals surface area contributed by atoms with Gasteiger partial charge in [0.2, 0.25) is 11.0 Å². The Labute approximate surface area is 124 Å². The maximum Gasteiger partial charge on any atom is 0.226 e. The molecule has 0 spiro atoms. The largest absolute Gasteiger partial charge is 0.317 e. The monoisotopic (exact) mass is 296 g/mol. The van der Waals surface area contributed by atoms with Crippen molar-refractivity contribution in [2.24, 2.45) is 11.8 Å². The lowest BCUT2D eigenvalue weighted by Gasteiger charge is -2.21. The van der Waals surface area contributed by atoms with Crippen LogP contribution in [0.4, 0.5) is 5.13 Å². The summed E-state index contributed by atoms with van der Waals surface area (Å²) in [7, 11) is 0. The van der Waals surface area contributed by atoms with Gasteiger partial charge in [-0.1, -0.05) is 25.2 Å². The van der Waals surface area contributed by atoms with Crippen molar-refractivity contribution in [3.63, 3.8) is 0 Å². The average molecular weight is 296 g/mol. The van der Waals surface area contributed by atoms with Gasteiger partial charge in [0.25, 0.3) is 0 Å². The summed E-state index contributed by atoms with van der Waals surface area (Å²) in [4.78, 5) is 11.9. The fraction of sp³-hybridized carbons (Fsp3) is 0.786. The molecule has 1 saturated heterocycles. The second-order valence-electron chi connectivity index (χ2n) is 5.88. The third kappa shape index (κ3) is 5.17. The summed E-state index contributed by atoms with van der Waals surface area (Å²) in [5, 5.41) is 16.0.